The topological polar surface area (TPSA) is 118 Å². The number of nitrogens with two attached hydrogens (primary N) is 1. The Morgan fingerprint density at radius 3 is 2.83 bits per heavy atom. The van der Waals surface area contributed by atoms with Crippen LogP contribution in [0.5, 0.6) is 0 Å². The summed E-state index contributed by atoms with van der Waals surface area (Å²) in [6.07, 6.45) is -0.438. The molecular formula is C13H16BrN5O4. The zero-order valence-corrected chi connectivity index (χ0v) is 14.1. The van der Waals surface area contributed by atoms with Crippen molar-refractivity contribution >= 4 is 32.9 Å². The Bertz CT molecular complexity index is 766. The van der Waals surface area contributed by atoms with Gasteiger partial charge in [0.05, 0.1) is 6.61 Å². The van der Waals surface area contributed by atoms with E-state index >= 15 is 0 Å². The molecule has 0 aliphatic carbocycles. The lowest BCUT2D eigenvalue weighted by Crippen LogP contribution is -2.31. The van der Waals surface area contributed by atoms with Crippen LogP contribution >= 0.6 is 15.9 Å². The zero-order valence-electron chi connectivity index (χ0n) is 12.5. The molecule has 2 aromatic rings. The van der Waals surface area contributed by atoms with E-state index in [2.05, 4.69) is 30.9 Å². The zero-order chi connectivity index (χ0) is 16.4. The summed E-state index contributed by atoms with van der Waals surface area (Å²) >= 11 is 3.41. The third-order valence-corrected chi connectivity index (χ3v) is 4.58. The van der Waals surface area contributed by atoms with Crippen molar-refractivity contribution in [2.24, 2.45) is 0 Å². The number of imidazole rings is 1. The molecule has 9 nitrogen and oxygen atoms in total. The summed E-state index contributed by atoms with van der Waals surface area (Å²) < 4.78 is 20.0. The number of hydrogen-bond acceptors (Lipinski definition) is 8. The van der Waals surface area contributed by atoms with Gasteiger partial charge in [-0.25, -0.2) is 15.0 Å². The number of hydrogen-bond donors (Lipinski definition) is 2. The lowest BCUT2D eigenvalue weighted by molar-refractivity contribution is -0.200. The molecule has 0 radical (unpaired) electrons. The van der Waals surface area contributed by atoms with Crippen LogP contribution in [-0.2, 0) is 14.2 Å². The van der Waals surface area contributed by atoms with Gasteiger partial charge in [0.1, 0.15) is 24.6 Å². The van der Waals surface area contributed by atoms with E-state index in [1.54, 1.807) is 4.57 Å². The Labute approximate surface area is 139 Å². The lowest BCUT2D eigenvalue weighted by Gasteiger charge is -2.24. The summed E-state index contributed by atoms with van der Waals surface area (Å²) in [6, 6.07) is 0. The number of fused-ring (bicyclic) bond motifs is 2. The Hall–Kier alpha value is -1.33. The molecule has 124 valence electrons. The monoisotopic (exact) mass is 385 g/mol. The van der Waals surface area contributed by atoms with Crippen molar-refractivity contribution in [3.63, 3.8) is 0 Å². The third kappa shape index (κ3) is 2.24. The fraction of sp³-hybridized carbons (Fsp3) is 0.615. The SMILES string of the molecule is CC1(C)O[C@@H]2[C@H](O1)[C@@H](n1c(Br)nc3c(N)ncnc31)O[C@H]2CO. The number of anilines is 1. The van der Waals surface area contributed by atoms with Crippen molar-refractivity contribution in [2.45, 2.75) is 44.2 Å². The number of aliphatic hydroxyl groups excluding tert-OH is 1. The van der Waals surface area contributed by atoms with Crippen molar-refractivity contribution in [2.75, 3.05) is 12.3 Å². The van der Waals surface area contributed by atoms with Gasteiger partial charge in [0.2, 0.25) is 0 Å². The molecule has 4 heterocycles. The number of rotatable bonds is 2. The number of nitrogen functional groups attached to an aromatic ring is 1. The quantitative estimate of drug-likeness (QED) is 0.720. The summed E-state index contributed by atoms with van der Waals surface area (Å²) in [5.74, 6) is -0.464. The second-order valence-electron chi connectivity index (χ2n) is 5.99. The van der Waals surface area contributed by atoms with Crippen molar-refractivity contribution in [3.8, 4) is 0 Å². The molecule has 4 rings (SSSR count). The maximum Gasteiger partial charge on any atom is 0.181 e. The standard InChI is InChI=1S/C13H16BrN5O4/c1-13(2)22-7-5(3-20)21-11(8(7)23-13)19-10-6(18-12(19)14)9(15)16-4-17-10/h4-5,7-8,11,20H,3H2,1-2H3,(H2,15,16,17)/t5-,7-,8-,11-/m0/s1. The van der Waals surface area contributed by atoms with Crippen LogP contribution in [0.25, 0.3) is 11.2 Å². The minimum Gasteiger partial charge on any atom is -0.394 e. The molecule has 0 bridgehead atoms. The van der Waals surface area contributed by atoms with Gasteiger partial charge in [-0.3, -0.25) is 4.57 Å². The maximum atomic E-state index is 9.58. The molecule has 2 fully saturated rings. The van der Waals surface area contributed by atoms with Crippen molar-refractivity contribution in [3.05, 3.63) is 11.1 Å². The van der Waals surface area contributed by atoms with E-state index in [0.717, 1.165) is 0 Å². The van der Waals surface area contributed by atoms with E-state index < -0.39 is 24.2 Å². The van der Waals surface area contributed by atoms with Crippen molar-refractivity contribution in [1.29, 1.82) is 0 Å². The minimum absolute atomic E-state index is 0.168. The fourth-order valence-electron chi connectivity index (χ4n) is 3.14. The first-order valence-electron chi connectivity index (χ1n) is 7.17. The molecule has 0 aromatic carbocycles. The Morgan fingerprint density at radius 2 is 2.09 bits per heavy atom. The van der Waals surface area contributed by atoms with E-state index in [1.165, 1.54) is 6.33 Å². The van der Waals surface area contributed by atoms with Gasteiger partial charge in [-0.2, -0.15) is 0 Å². The molecule has 2 aliphatic heterocycles. The van der Waals surface area contributed by atoms with Crippen LogP contribution in [0.1, 0.15) is 20.1 Å². The molecule has 0 unspecified atom stereocenters. The van der Waals surface area contributed by atoms with Crippen molar-refractivity contribution < 1.29 is 19.3 Å². The van der Waals surface area contributed by atoms with Crippen molar-refractivity contribution in [1.82, 2.24) is 19.5 Å². The van der Waals surface area contributed by atoms with E-state index in [-0.39, 0.29) is 18.5 Å². The first kappa shape index (κ1) is 15.2. The summed E-state index contributed by atoms with van der Waals surface area (Å²) in [6.45, 7) is 3.49. The molecule has 0 amide bonds. The largest absolute Gasteiger partial charge is 0.394 e. The van der Waals surface area contributed by atoms with Gasteiger partial charge in [-0.05, 0) is 29.8 Å². The van der Waals surface area contributed by atoms with Gasteiger partial charge >= 0.3 is 0 Å². The number of aromatic nitrogens is 4. The number of ether oxygens (including phenoxy) is 3. The highest BCUT2D eigenvalue weighted by molar-refractivity contribution is 9.10. The molecule has 10 heteroatoms. The van der Waals surface area contributed by atoms with Crippen LogP contribution in [0.2, 0.25) is 0 Å². The molecule has 0 spiro atoms. The highest BCUT2D eigenvalue weighted by atomic mass is 79.9. The summed E-state index contributed by atoms with van der Waals surface area (Å²) in [7, 11) is 0. The van der Waals surface area contributed by atoms with E-state index in [1.807, 2.05) is 13.8 Å². The second-order valence-corrected chi connectivity index (χ2v) is 6.70. The van der Waals surface area contributed by atoms with Gasteiger partial charge in [-0.15, -0.1) is 0 Å². The molecule has 2 aromatic heterocycles. The van der Waals surface area contributed by atoms with Crippen LogP contribution in [0.3, 0.4) is 0 Å². The van der Waals surface area contributed by atoms with Gasteiger partial charge in [0.25, 0.3) is 0 Å². The minimum atomic E-state index is -0.748. The number of nitrogens with zero attached hydrogens (tertiary/aromatic N) is 4. The molecule has 0 saturated carbocycles. The highest BCUT2D eigenvalue weighted by Crippen LogP contribution is 2.44. The molecule has 23 heavy (non-hydrogen) atoms. The molecule has 2 aliphatic rings. The van der Waals surface area contributed by atoms with Gasteiger partial charge in [0.15, 0.2) is 33.7 Å². The smallest absolute Gasteiger partial charge is 0.181 e. The maximum absolute atomic E-state index is 9.58. The predicted octanol–water partition coefficient (Wildman–Crippen LogP) is 0.581. The van der Waals surface area contributed by atoms with Crippen LogP contribution in [0.15, 0.2) is 11.1 Å². The predicted molar refractivity (Wildman–Crippen MR) is 82.3 cm³/mol. The Kier molecular flexibility index (Phi) is 3.36. The number of aliphatic hydroxyl groups is 1. The number of halogens is 1. The average Bonchev–Trinajstić information content (AvgIpc) is 3.08. The Morgan fingerprint density at radius 1 is 1.35 bits per heavy atom. The normalized spacial score (nSPS) is 32.5. The van der Waals surface area contributed by atoms with E-state index in [9.17, 15) is 5.11 Å². The summed E-state index contributed by atoms with van der Waals surface area (Å²) in [4.78, 5) is 12.5. The summed E-state index contributed by atoms with van der Waals surface area (Å²) in [5.41, 5.74) is 6.86. The molecule has 4 atom stereocenters. The first-order chi connectivity index (χ1) is 10.9. The van der Waals surface area contributed by atoms with E-state index in [4.69, 9.17) is 19.9 Å². The van der Waals surface area contributed by atoms with Crippen LogP contribution in [0.4, 0.5) is 5.82 Å². The Balaban J connectivity index is 1.82. The van der Waals surface area contributed by atoms with E-state index in [0.29, 0.717) is 15.9 Å². The van der Waals surface area contributed by atoms with Gasteiger partial charge in [0, 0.05) is 0 Å². The lowest BCUT2D eigenvalue weighted by atomic mass is 10.1. The fourth-order valence-corrected chi connectivity index (χ4v) is 3.69. The second kappa shape index (κ2) is 5.08. The first-order valence-corrected chi connectivity index (χ1v) is 7.96. The molecule has 2 saturated heterocycles. The van der Waals surface area contributed by atoms with Crippen LogP contribution < -0.4 is 5.73 Å². The van der Waals surface area contributed by atoms with Crippen LogP contribution in [0, 0.1) is 0 Å². The molecule has 3 N–H and O–H groups in total. The highest BCUT2D eigenvalue weighted by Gasteiger charge is 2.56. The average molecular weight is 386 g/mol. The van der Waals surface area contributed by atoms with Gasteiger partial charge < -0.3 is 25.1 Å². The van der Waals surface area contributed by atoms with Crippen LogP contribution in [-0.4, -0.2) is 55.3 Å². The van der Waals surface area contributed by atoms with Gasteiger partial charge in [-0.1, -0.05) is 0 Å². The molecular weight excluding hydrogens is 370 g/mol. The third-order valence-electron chi connectivity index (χ3n) is 4.02. The summed E-state index contributed by atoms with van der Waals surface area (Å²) in [5, 5.41) is 9.58.